The Kier molecular flexibility index (Phi) is 5.85. The molecule has 1 saturated heterocycles. The van der Waals surface area contributed by atoms with Gasteiger partial charge in [-0.3, -0.25) is 9.69 Å². The second-order valence-electron chi connectivity index (χ2n) is 7.42. The van der Waals surface area contributed by atoms with Crippen LogP contribution in [0.25, 0.3) is 0 Å². The quantitative estimate of drug-likeness (QED) is 0.623. The smallest absolute Gasteiger partial charge is 0.240 e. The van der Waals surface area contributed by atoms with Crippen LogP contribution in [0.3, 0.4) is 0 Å². The van der Waals surface area contributed by atoms with Gasteiger partial charge in [-0.05, 0) is 30.2 Å². The normalized spacial score (nSPS) is 17.5. The first-order valence-corrected chi connectivity index (χ1v) is 9.79. The maximum Gasteiger partial charge on any atom is 0.240 e. The van der Waals surface area contributed by atoms with E-state index in [2.05, 4.69) is 10.1 Å². The average Bonchev–Trinajstić information content (AvgIpc) is 3.15. The number of aryl methyl sites for hydroxylation is 1. The van der Waals surface area contributed by atoms with Gasteiger partial charge in [0.25, 0.3) is 0 Å². The van der Waals surface area contributed by atoms with Gasteiger partial charge in [0, 0.05) is 26.2 Å². The highest BCUT2D eigenvalue weighted by atomic mass is 19.2. The van der Waals surface area contributed by atoms with Gasteiger partial charge >= 0.3 is 0 Å². The Balaban J connectivity index is 1.55. The molecular formula is C22H22F2N4O2. The predicted molar refractivity (Wildman–Crippen MR) is 105 cm³/mol. The van der Waals surface area contributed by atoms with Crippen LogP contribution >= 0.6 is 0 Å². The van der Waals surface area contributed by atoms with Crippen molar-refractivity contribution in [2.75, 3.05) is 13.1 Å². The predicted octanol–water partition coefficient (Wildman–Crippen LogP) is 3.11. The summed E-state index contributed by atoms with van der Waals surface area (Å²) in [6.45, 7) is 3.68. The van der Waals surface area contributed by atoms with Gasteiger partial charge in [-0.1, -0.05) is 41.6 Å². The topological polar surface area (TPSA) is 62.5 Å². The highest BCUT2D eigenvalue weighted by molar-refractivity contribution is 5.83. The minimum Gasteiger partial charge on any atom is -0.339 e. The second kappa shape index (κ2) is 8.71. The van der Waals surface area contributed by atoms with Gasteiger partial charge in [-0.15, -0.1) is 0 Å². The average molecular weight is 412 g/mol. The van der Waals surface area contributed by atoms with E-state index in [-0.39, 0.29) is 12.3 Å². The van der Waals surface area contributed by atoms with Crippen molar-refractivity contribution in [3.8, 4) is 0 Å². The van der Waals surface area contributed by atoms with Crippen LogP contribution in [0.1, 0.15) is 22.8 Å². The molecule has 6 nitrogen and oxygen atoms in total. The number of hydrogen-bond donors (Lipinski definition) is 0. The number of piperazine rings is 1. The maximum atomic E-state index is 13.7. The third-order valence-corrected chi connectivity index (χ3v) is 5.22. The van der Waals surface area contributed by atoms with Gasteiger partial charge < -0.3 is 9.42 Å². The van der Waals surface area contributed by atoms with Crippen molar-refractivity contribution >= 4 is 5.91 Å². The summed E-state index contributed by atoms with van der Waals surface area (Å²) >= 11 is 0. The molecule has 1 amide bonds. The first-order valence-electron chi connectivity index (χ1n) is 9.79. The van der Waals surface area contributed by atoms with Crippen molar-refractivity contribution < 1.29 is 18.1 Å². The van der Waals surface area contributed by atoms with Crippen LogP contribution in [-0.2, 0) is 24.3 Å². The highest BCUT2D eigenvalue weighted by Crippen LogP contribution is 2.21. The summed E-state index contributed by atoms with van der Waals surface area (Å²) < 4.78 is 32.2. The molecule has 1 unspecified atom stereocenters. The molecule has 1 fully saturated rings. The zero-order valence-corrected chi connectivity index (χ0v) is 16.6. The third-order valence-electron chi connectivity index (χ3n) is 5.22. The molecule has 0 bridgehead atoms. The summed E-state index contributed by atoms with van der Waals surface area (Å²) in [5.41, 5.74) is 1.65. The molecule has 0 saturated carbocycles. The number of amides is 1. The van der Waals surface area contributed by atoms with E-state index in [1.165, 1.54) is 12.1 Å². The van der Waals surface area contributed by atoms with Gasteiger partial charge in [0.05, 0.1) is 12.5 Å². The lowest BCUT2D eigenvalue weighted by Crippen LogP contribution is -2.57. The minimum absolute atomic E-state index is 0.0523. The van der Waals surface area contributed by atoms with E-state index in [1.807, 2.05) is 40.1 Å². The van der Waals surface area contributed by atoms with Crippen molar-refractivity contribution in [2.24, 2.45) is 0 Å². The van der Waals surface area contributed by atoms with Crippen LogP contribution in [0.5, 0.6) is 0 Å². The fraction of sp³-hybridized carbons (Fsp3) is 0.318. The van der Waals surface area contributed by atoms with Crippen molar-refractivity contribution in [1.29, 1.82) is 0 Å². The molecule has 0 N–H and O–H groups in total. The number of aromatic nitrogens is 2. The molecule has 3 aromatic rings. The maximum absolute atomic E-state index is 13.7. The Morgan fingerprint density at radius 1 is 1.03 bits per heavy atom. The summed E-state index contributed by atoms with van der Waals surface area (Å²) in [6, 6.07) is 13.1. The summed E-state index contributed by atoms with van der Waals surface area (Å²) in [5.74, 6) is -0.959. The van der Waals surface area contributed by atoms with Gasteiger partial charge in [0.15, 0.2) is 17.5 Å². The van der Waals surface area contributed by atoms with E-state index in [0.29, 0.717) is 43.5 Å². The molecule has 1 aliphatic heterocycles. The molecule has 30 heavy (non-hydrogen) atoms. The zero-order chi connectivity index (χ0) is 21.1. The van der Waals surface area contributed by atoms with Crippen LogP contribution in [0.2, 0.25) is 0 Å². The number of rotatable bonds is 6. The number of hydrogen-bond acceptors (Lipinski definition) is 5. The van der Waals surface area contributed by atoms with Crippen molar-refractivity contribution in [3.63, 3.8) is 0 Å². The molecule has 8 heteroatoms. The third kappa shape index (κ3) is 4.54. The molecule has 2 heterocycles. The number of carbonyl (C=O) groups excluding carboxylic acids is 1. The molecule has 1 atom stereocenters. The van der Waals surface area contributed by atoms with Crippen LogP contribution < -0.4 is 0 Å². The van der Waals surface area contributed by atoms with Crippen LogP contribution in [0.15, 0.2) is 53.1 Å². The fourth-order valence-corrected chi connectivity index (χ4v) is 3.71. The fourth-order valence-electron chi connectivity index (χ4n) is 3.71. The van der Waals surface area contributed by atoms with Crippen LogP contribution in [-0.4, -0.2) is 45.0 Å². The van der Waals surface area contributed by atoms with Crippen LogP contribution in [0.4, 0.5) is 8.78 Å². The number of carbonyl (C=O) groups is 1. The Hall–Kier alpha value is -3.13. The molecule has 1 aromatic heterocycles. The standard InChI is InChI=1S/C22H22F2N4O2/c1-15-25-21(30-26-15)12-20-22(29)28(13-16-5-3-2-4-6-16)10-9-27(20)14-17-7-8-18(23)19(24)11-17/h2-8,11,20H,9-10,12-14H2,1H3. The van der Waals surface area contributed by atoms with Crippen molar-refractivity contribution in [3.05, 3.63) is 83.0 Å². The number of nitrogens with zero attached hydrogens (tertiary/aromatic N) is 4. The first-order chi connectivity index (χ1) is 14.5. The van der Waals surface area contributed by atoms with E-state index in [9.17, 15) is 13.6 Å². The minimum atomic E-state index is -0.898. The lowest BCUT2D eigenvalue weighted by molar-refractivity contribution is -0.143. The summed E-state index contributed by atoms with van der Waals surface area (Å²) in [7, 11) is 0. The Bertz CT molecular complexity index is 1020. The van der Waals surface area contributed by atoms with Gasteiger partial charge in [0.1, 0.15) is 0 Å². The lowest BCUT2D eigenvalue weighted by atomic mass is 10.0. The lowest BCUT2D eigenvalue weighted by Gasteiger charge is -2.40. The first kappa shape index (κ1) is 20.2. The molecular weight excluding hydrogens is 390 g/mol. The van der Waals surface area contributed by atoms with Gasteiger partial charge in [-0.2, -0.15) is 4.98 Å². The molecule has 4 rings (SSSR count). The van der Waals surface area contributed by atoms with E-state index < -0.39 is 17.7 Å². The van der Waals surface area contributed by atoms with E-state index in [1.54, 1.807) is 6.92 Å². The SMILES string of the molecule is Cc1noc(CC2C(=O)N(Cc3ccccc3)CCN2Cc2ccc(F)c(F)c2)n1. The highest BCUT2D eigenvalue weighted by Gasteiger charge is 2.36. The summed E-state index contributed by atoms with van der Waals surface area (Å²) in [5, 5.41) is 3.80. The Morgan fingerprint density at radius 3 is 2.53 bits per heavy atom. The molecule has 2 aromatic carbocycles. The van der Waals surface area contributed by atoms with Gasteiger partial charge in [0.2, 0.25) is 11.8 Å². The van der Waals surface area contributed by atoms with Gasteiger partial charge in [-0.25, -0.2) is 8.78 Å². The largest absolute Gasteiger partial charge is 0.339 e. The van der Waals surface area contributed by atoms with Crippen molar-refractivity contribution in [2.45, 2.75) is 32.5 Å². The van der Waals surface area contributed by atoms with Crippen LogP contribution in [0, 0.1) is 18.6 Å². The Labute approximate surface area is 173 Å². The second-order valence-corrected chi connectivity index (χ2v) is 7.42. The van der Waals surface area contributed by atoms with Crippen molar-refractivity contribution in [1.82, 2.24) is 19.9 Å². The molecule has 156 valence electrons. The van der Waals surface area contributed by atoms with E-state index in [0.717, 1.165) is 11.6 Å². The zero-order valence-electron chi connectivity index (χ0n) is 16.6. The molecule has 1 aliphatic rings. The number of benzene rings is 2. The molecule has 0 aliphatic carbocycles. The monoisotopic (exact) mass is 412 g/mol. The van der Waals surface area contributed by atoms with E-state index >= 15 is 0 Å². The number of halogens is 2. The van der Waals surface area contributed by atoms with E-state index in [4.69, 9.17) is 4.52 Å². The summed E-state index contributed by atoms with van der Waals surface area (Å²) in [4.78, 5) is 21.3. The molecule has 0 spiro atoms. The summed E-state index contributed by atoms with van der Waals surface area (Å²) in [6.07, 6.45) is 0.259. The Morgan fingerprint density at radius 2 is 1.83 bits per heavy atom. The molecule has 0 radical (unpaired) electrons.